The van der Waals surface area contributed by atoms with Crippen LogP contribution in [0, 0.1) is 0 Å². The Balaban J connectivity index is 2.14. The number of aromatic nitrogens is 1. The quantitative estimate of drug-likeness (QED) is 0.657. The van der Waals surface area contributed by atoms with Crippen molar-refractivity contribution in [2.24, 2.45) is 5.84 Å². The first kappa shape index (κ1) is 15.5. The molecule has 0 aromatic carbocycles. The van der Waals surface area contributed by atoms with E-state index in [1.54, 1.807) is 6.07 Å². The highest BCUT2D eigenvalue weighted by atomic mass is 35.5. The summed E-state index contributed by atoms with van der Waals surface area (Å²) in [5.74, 6) is 6.08. The smallest absolute Gasteiger partial charge is 0.140 e. The van der Waals surface area contributed by atoms with Crippen LogP contribution in [0.3, 0.4) is 0 Å². The van der Waals surface area contributed by atoms with Crippen LogP contribution in [0.5, 0.6) is 0 Å². The van der Waals surface area contributed by atoms with Crippen molar-refractivity contribution in [3.8, 4) is 0 Å². The largest absolute Gasteiger partial charge is 0.308 e. The van der Waals surface area contributed by atoms with Crippen molar-refractivity contribution in [1.29, 1.82) is 0 Å². The Kier molecular flexibility index (Phi) is 5.60. The molecule has 6 heteroatoms. The Bertz CT molecular complexity index is 440. The number of anilines is 1. The summed E-state index contributed by atoms with van der Waals surface area (Å²) >= 11 is 6.26. The highest BCUT2D eigenvalue weighted by molar-refractivity contribution is 6.31. The number of hydrazine groups is 1. The van der Waals surface area contributed by atoms with Gasteiger partial charge in [0.1, 0.15) is 5.82 Å². The van der Waals surface area contributed by atoms with Crippen LogP contribution in [-0.2, 0) is 6.54 Å². The van der Waals surface area contributed by atoms with Crippen LogP contribution >= 0.6 is 11.6 Å². The first-order valence-electron chi connectivity index (χ1n) is 7.18. The van der Waals surface area contributed by atoms with Crippen LogP contribution in [0.25, 0.3) is 0 Å². The Morgan fingerprint density at radius 2 is 2.25 bits per heavy atom. The Labute approximate surface area is 126 Å². The Morgan fingerprint density at radius 3 is 2.95 bits per heavy atom. The van der Waals surface area contributed by atoms with Gasteiger partial charge in [-0.2, -0.15) is 0 Å². The summed E-state index contributed by atoms with van der Waals surface area (Å²) in [4.78, 5) is 9.37. The van der Waals surface area contributed by atoms with E-state index in [4.69, 9.17) is 17.4 Å². The summed E-state index contributed by atoms with van der Waals surface area (Å²) in [6, 6.07) is 4.19. The third-order valence-corrected chi connectivity index (χ3v) is 4.26. The third kappa shape index (κ3) is 3.82. The second kappa shape index (κ2) is 7.22. The number of rotatable bonds is 4. The van der Waals surface area contributed by atoms with Gasteiger partial charge in [0.15, 0.2) is 0 Å². The van der Waals surface area contributed by atoms with Crippen molar-refractivity contribution in [2.45, 2.75) is 32.4 Å². The highest BCUT2D eigenvalue weighted by Gasteiger charge is 2.23. The summed E-state index contributed by atoms with van der Waals surface area (Å²) in [6.45, 7) is 6.35. The Hall–Kier alpha value is -0.880. The lowest BCUT2D eigenvalue weighted by atomic mass is 10.1. The van der Waals surface area contributed by atoms with Crippen LogP contribution in [0.15, 0.2) is 12.1 Å². The topological polar surface area (TPSA) is 57.4 Å². The van der Waals surface area contributed by atoms with Gasteiger partial charge in [-0.05, 0) is 38.6 Å². The fourth-order valence-electron chi connectivity index (χ4n) is 2.76. The molecule has 1 fully saturated rings. The number of nitrogen functional groups attached to an aromatic ring is 1. The van der Waals surface area contributed by atoms with Crippen LogP contribution < -0.4 is 11.3 Å². The predicted molar refractivity (Wildman–Crippen MR) is 83.7 cm³/mol. The minimum Gasteiger partial charge on any atom is -0.308 e. The number of nitrogens with one attached hydrogen (secondary N) is 1. The number of pyridine rings is 1. The molecular weight excluding hydrogens is 274 g/mol. The summed E-state index contributed by atoms with van der Waals surface area (Å²) < 4.78 is 0. The summed E-state index contributed by atoms with van der Waals surface area (Å²) in [7, 11) is 2.19. The number of nitrogens with zero attached hydrogens (tertiary/aromatic N) is 3. The molecule has 0 radical (unpaired) electrons. The van der Waals surface area contributed by atoms with E-state index in [1.165, 1.54) is 6.42 Å². The number of hydrogen-bond donors (Lipinski definition) is 2. The van der Waals surface area contributed by atoms with Gasteiger partial charge < -0.3 is 10.3 Å². The van der Waals surface area contributed by atoms with Gasteiger partial charge in [0.25, 0.3) is 0 Å². The van der Waals surface area contributed by atoms with E-state index in [-0.39, 0.29) is 0 Å². The molecule has 5 nitrogen and oxygen atoms in total. The molecule has 112 valence electrons. The standard InChI is InChI=1S/C14H24ClN5/c1-3-11-9-19(2)7-4-8-20(11)10-13-12(15)5-6-14(17-13)18-16/h5-6,11H,3-4,7-10,16H2,1-2H3,(H,17,18). The van der Waals surface area contributed by atoms with Gasteiger partial charge in [-0.15, -0.1) is 0 Å². The maximum Gasteiger partial charge on any atom is 0.140 e. The number of likely N-dealkylation sites (N-methyl/N-ethyl adjacent to an activating group) is 1. The van der Waals surface area contributed by atoms with Crippen molar-refractivity contribution < 1.29 is 0 Å². The van der Waals surface area contributed by atoms with Crippen molar-refractivity contribution in [3.05, 3.63) is 22.8 Å². The van der Waals surface area contributed by atoms with E-state index in [0.717, 1.165) is 38.3 Å². The van der Waals surface area contributed by atoms with Crippen LogP contribution in [0.4, 0.5) is 5.82 Å². The normalized spacial score (nSPS) is 21.7. The molecule has 20 heavy (non-hydrogen) atoms. The average Bonchev–Trinajstić information content (AvgIpc) is 2.62. The molecule has 0 aliphatic carbocycles. The summed E-state index contributed by atoms with van der Waals surface area (Å²) in [6.07, 6.45) is 2.32. The third-order valence-electron chi connectivity index (χ3n) is 3.91. The number of hydrogen-bond acceptors (Lipinski definition) is 5. The Morgan fingerprint density at radius 1 is 1.45 bits per heavy atom. The molecule has 0 amide bonds. The lowest BCUT2D eigenvalue weighted by molar-refractivity contribution is 0.174. The molecule has 1 atom stereocenters. The molecule has 1 aromatic heterocycles. The van der Waals surface area contributed by atoms with E-state index in [9.17, 15) is 0 Å². The zero-order chi connectivity index (χ0) is 14.5. The van der Waals surface area contributed by atoms with Crippen molar-refractivity contribution in [1.82, 2.24) is 14.8 Å². The zero-order valence-corrected chi connectivity index (χ0v) is 13.0. The van der Waals surface area contributed by atoms with Crippen molar-refractivity contribution >= 4 is 17.4 Å². The van der Waals surface area contributed by atoms with E-state index in [2.05, 4.69) is 34.2 Å². The van der Waals surface area contributed by atoms with Gasteiger partial charge in [-0.1, -0.05) is 18.5 Å². The van der Waals surface area contributed by atoms with Gasteiger partial charge in [-0.3, -0.25) is 4.90 Å². The van der Waals surface area contributed by atoms with Crippen molar-refractivity contribution in [3.63, 3.8) is 0 Å². The fourth-order valence-corrected chi connectivity index (χ4v) is 2.92. The van der Waals surface area contributed by atoms with Gasteiger partial charge in [0.2, 0.25) is 0 Å². The van der Waals surface area contributed by atoms with Gasteiger partial charge in [0, 0.05) is 25.7 Å². The molecule has 3 N–H and O–H groups in total. The minimum atomic E-state index is 0.551. The molecule has 2 heterocycles. The zero-order valence-electron chi connectivity index (χ0n) is 12.3. The summed E-state index contributed by atoms with van der Waals surface area (Å²) in [5.41, 5.74) is 3.47. The molecule has 0 saturated carbocycles. The fraction of sp³-hybridized carbons (Fsp3) is 0.643. The van der Waals surface area contributed by atoms with E-state index >= 15 is 0 Å². The molecule has 0 bridgehead atoms. The predicted octanol–water partition coefficient (Wildman–Crippen LogP) is 1.94. The van der Waals surface area contributed by atoms with Gasteiger partial charge in [0.05, 0.1) is 10.7 Å². The maximum absolute atomic E-state index is 6.26. The monoisotopic (exact) mass is 297 g/mol. The van der Waals surface area contributed by atoms with Gasteiger partial charge >= 0.3 is 0 Å². The minimum absolute atomic E-state index is 0.551. The first-order valence-corrected chi connectivity index (χ1v) is 7.56. The van der Waals surface area contributed by atoms with E-state index in [1.807, 2.05) is 6.07 Å². The highest BCUT2D eigenvalue weighted by Crippen LogP contribution is 2.21. The molecule has 1 aliphatic rings. The first-order chi connectivity index (χ1) is 9.63. The molecule has 1 aliphatic heterocycles. The molecule has 1 aromatic rings. The molecule has 0 spiro atoms. The lowest BCUT2D eigenvalue weighted by Crippen LogP contribution is -2.39. The molecule has 1 unspecified atom stereocenters. The lowest BCUT2D eigenvalue weighted by Gasteiger charge is -2.30. The second-order valence-corrected chi connectivity index (χ2v) is 5.82. The van der Waals surface area contributed by atoms with Crippen LogP contribution in [0.2, 0.25) is 5.02 Å². The van der Waals surface area contributed by atoms with Crippen molar-refractivity contribution in [2.75, 3.05) is 32.1 Å². The summed E-state index contributed by atoms with van der Waals surface area (Å²) in [5, 5.41) is 0.705. The number of halogens is 1. The SMILES string of the molecule is CCC1CN(C)CCCN1Cc1nc(NN)ccc1Cl. The van der Waals surface area contributed by atoms with E-state index < -0.39 is 0 Å². The maximum atomic E-state index is 6.26. The van der Waals surface area contributed by atoms with E-state index in [0.29, 0.717) is 16.9 Å². The molecule has 1 saturated heterocycles. The second-order valence-electron chi connectivity index (χ2n) is 5.42. The molecule has 2 rings (SSSR count). The van der Waals surface area contributed by atoms with Crippen LogP contribution in [0.1, 0.15) is 25.5 Å². The molecular formula is C14H24ClN5. The van der Waals surface area contributed by atoms with Gasteiger partial charge in [-0.25, -0.2) is 10.8 Å². The average molecular weight is 298 g/mol. The number of nitrogens with two attached hydrogens (primary N) is 1. The van der Waals surface area contributed by atoms with Crippen LogP contribution in [-0.4, -0.2) is 47.5 Å².